The van der Waals surface area contributed by atoms with Crippen LogP contribution in [-0.4, -0.2) is 94.2 Å². The molecule has 1 amide bonds. The molecule has 0 unspecified atom stereocenters. The third-order valence-electron chi connectivity index (χ3n) is 8.88. The Labute approximate surface area is 278 Å². The van der Waals surface area contributed by atoms with Crippen LogP contribution in [-0.2, 0) is 20.9 Å². The van der Waals surface area contributed by atoms with Gasteiger partial charge in [-0.05, 0) is 74.5 Å². The molecule has 3 aliphatic heterocycles. The molecule has 13 heteroatoms. The molecule has 11 nitrogen and oxygen atoms in total. The summed E-state index contributed by atoms with van der Waals surface area (Å²) in [6.07, 6.45) is 6.78. The van der Waals surface area contributed by atoms with Crippen LogP contribution in [0, 0.1) is 11.8 Å². The van der Waals surface area contributed by atoms with E-state index in [9.17, 15) is 9.59 Å². The van der Waals surface area contributed by atoms with E-state index in [1.807, 2.05) is 29.2 Å². The number of hydrogen-bond donors (Lipinski definition) is 1. The molecule has 3 saturated heterocycles. The topological polar surface area (TPSA) is 121 Å². The molecule has 6 rings (SSSR count). The summed E-state index contributed by atoms with van der Waals surface area (Å²) >= 11 is 12.6. The number of hydrogen-bond acceptors (Lipinski definition) is 9. The monoisotopic (exact) mass is 668 g/mol. The Hall–Kier alpha value is -3.51. The average Bonchev–Trinajstić information content (AvgIpc) is 3.05. The lowest BCUT2D eigenvalue weighted by atomic mass is 9.93. The molecule has 3 aliphatic rings. The van der Waals surface area contributed by atoms with Gasteiger partial charge in [0.2, 0.25) is 17.7 Å². The van der Waals surface area contributed by atoms with E-state index < -0.39 is 5.97 Å². The number of piperazine rings is 1. The second kappa shape index (κ2) is 14.9. The van der Waals surface area contributed by atoms with Crippen LogP contribution < -0.4 is 9.64 Å². The molecular formula is C33H38Cl2N6O5. The van der Waals surface area contributed by atoms with E-state index in [1.54, 1.807) is 18.5 Å². The van der Waals surface area contributed by atoms with Crippen LogP contribution in [0.2, 0.25) is 10.0 Å². The first-order chi connectivity index (χ1) is 22.3. The second-order valence-corrected chi connectivity index (χ2v) is 13.1. The molecule has 3 fully saturated rings. The number of carboxylic acids is 1. The zero-order valence-corrected chi connectivity index (χ0v) is 27.1. The van der Waals surface area contributed by atoms with Gasteiger partial charge in [-0.25, -0.2) is 15.0 Å². The van der Waals surface area contributed by atoms with Crippen molar-refractivity contribution in [3.8, 4) is 22.9 Å². The summed E-state index contributed by atoms with van der Waals surface area (Å²) in [6.45, 7) is 6.23. The smallest absolute Gasteiger partial charge is 0.303 e. The summed E-state index contributed by atoms with van der Waals surface area (Å²) in [5, 5.41) is 10.2. The van der Waals surface area contributed by atoms with Crippen molar-refractivity contribution in [2.75, 3.05) is 57.4 Å². The predicted molar refractivity (Wildman–Crippen MR) is 174 cm³/mol. The second-order valence-electron chi connectivity index (χ2n) is 12.2. The minimum Gasteiger partial charge on any atom is -0.481 e. The van der Waals surface area contributed by atoms with Crippen LogP contribution in [0.25, 0.3) is 11.3 Å². The van der Waals surface area contributed by atoms with Crippen molar-refractivity contribution in [2.45, 2.75) is 38.6 Å². The number of anilines is 1. The summed E-state index contributed by atoms with van der Waals surface area (Å²) in [7, 11) is 0. The van der Waals surface area contributed by atoms with Gasteiger partial charge in [0.25, 0.3) is 0 Å². The van der Waals surface area contributed by atoms with Crippen molar-refractivity contribution in [1.82, 2.24) is 24.8 Å². The number of carboxylic acid groups (broad SMARTS) is 1. The first-order valence-electron chi connectivity index (χ1n) is 15.8. The number of pyridine rings is 1. The molecule has 0 spiro atoms. The number of aliphatic carboxylic acids is 1. The zero-order chi connectivity index (χ0) is 32.0. The first kappa shape index (κ1) is 32.4. The molecule has 0 atom stereocenters. The zero-order valence-electron chi connectivity index (χ0n) is 25.6. The van der Waals surface area contributed by atoms with Crippen LogP contribution in [0.15, 0.2) is 42.7 Å². The number of amides is 1. The lowest BCUT2D eigenvalue weighted by Crippen LogP contribution is -2.51. The van der Waals surface area contributed by atoms with Gasteiger partial charge in [-0.2, -0.15) is 0 Å². The Bertz CT molecular complexity index is 1500. The summed E-state index contributed by atoms with van der Waals surface area (Å²) in [6, 6.07) is 9.22. The highest BCUT2D eigenvalue weighted by Crippen LogP contribution is 2.31. The quantitative estimate of drug-likeness (QED) is 0.317. The number of carbonyl (C=O) groups excluding carboxylic acids is 1. The Morgan fingerprint density at radius 3 is 2.22 bits per heavy atom. The van der Waals surface area contributed by atoms with Gasteiger partial charge in [-0.3, -0.25) is 14.5 Å². The molecule has 46 heavy (non-hydrogen) atoms. The number of aromatic nitrogens is 3. The van der Waals surface area contributed by atoms with Gasteiger partial charge in [-0.1, -0.05) is 23.2 Å². The number of nitrogens with zero attached hydrogens (tertiary/aromatic N) is 6. The van der Waals surface area contributed by atoms with E-state index >= 15 is 0 Å². The van der Waals surface area contributed by atoms with Crippen LogP contribution in [0.4, 0.5) is 5.95 Å². The molecule has 0 bridgehead atoms. The Morgan fingerprint density at radius 2 is 1.57 bits per heavy atom. The van der Waals surface area contributed by atoms with Crippen LogP contribution in [0.3, 0.4) is 0 Å². The van der Waals surface area contributed by atoms with Crippen molar-refractivity contribution in [2.24, 2.45) is 11.8 Å². The molecule has 0 saturated carbocycles. The highest BCUT2D eigenvalue weighted by atomic mass is 35.5. The first-order valence-corrected chi connectivity index (χ1v) is 16.6. The molecule has 244 valence electrons. The summed E-state index contributed by atoms with van der Waals surface area (Å²) in [4.78, 5) is 44.3. The van der Waals surface area contributed by atoms with Crippen molar-refractivity contribution >= 4 is 41.0 Å². The van der Waals surface area contributed by atoms with Crippen molar-refractivity contribution in [3.05, 3.63) is 58.3 Å². The average molecular weight is 670 g/mol. The third kappa shape index (κ3) is 8.44. The van der Waals surface area contributed by atoms with E-state index in [4.69, 9.17) is 42.8 Å². The van der Waals surface area contributed by atoms with E-state index in [2.05, 4.69) is 19.8 Å². The largest absolute Gasteiger partial charge is 0.481 e. The number of piperidine rings is 1. The van der Waals surface area contributed by atoms with Crippen molar-refractivity contribution < 1.29 is 24.2 Å². The maximum absolute atomic E-state index is 12.9. The van der Waals surface area contributed by atoms with Gasteiger partial charge in [-0.15, -0.1) is 0 Å². The molecular weight excluding hydrogens is 631 g/mol. The van der Waals surface area contributed by atoms with Gasteiger partial charge in [0.05, 0.1) is 18.1 Å². The SMILES string of the molecule is O=C(O)CC1CCN(Cc2cc(Oc3cnc(N4CCN(C(=O)C5CCOCC5)CC4)nc3)nc(-c3cc(Cl)cc(Cl)c3)c2)CC1. The van der Waals surface area contributed by atoms with Crippen LogP contribution in [0.1, 0.15) is 37.7 Å². The molecule has 5 heterocycles. The fourth-order valence-corrected chi connectivity index (χ4v) is 6.91. The number of halogens is 2. The van der Waals surface area contributed by atoms with E-state index in [0.717, 1.165) is 49.9 Å². The van der Waals surface area contributed by atoms with Crippen molar-refractivity contribution in [1.29, 1.82) is 0 Å². The molecule has 0 aliphatic carbocycles. The maximum Gasteiger partial charge on any atom is 0.303 e. The normalized spacial score (nSPS) is 18.5. The standard InChI is InChI=1S/C33H38Cl2N6O5/c34-26-16-25(17-27(35)18-26)29-13-23(21-39-5-1-22(2-6-39)15-31(42)43)14-30(38-29)46-28-19-36-33(37-20-28)41-9-7-40(8-10-41)32(44)24-3-11-45-12-4-24/h13-14,16-20,22,24H,1-12,15,21H2,(H,42,43). The number of likely N-dealkylation sites (tertiary alicyclic amines) is 1. The van der Waals surface area contributed by atoms with E-state index in [0.29, 0.717) is 79.3 Å². The van der Waals surface area contributed by atoms with Gasteiger partial charge >= 0.3 is 5.97 Å². The van der Waals surface area contributed by atoms with E-state index in [1.165, 1.54) is 0 Å². The summed E-state index contributed by atoms with van der Waals surface area (Å²) in [5.41, 5.74) is 2.44. The fourth-order valence-electron chi connectivity index (χ4n) is 6.38. The highest BCUT2D eigenvalue weighted by Gasteiger charge is 2.29. The molecule has 1 N–H and O–H groups in total. The van der Waals surface area contributed by atoms with Gasteiger partial charge in [0.15, 0.2) is 5.75 Å². The molecule has 0 radical (unpaired) electrons. The molecule has 1 aromatic carbocycles. The fraction of sp³-hybridized carbons (Fsp3) is 0.485. The Kier molecular flexibility index (Phi) is 10.5. The van der Waals surface area contributed by atoms with Gasteiger partial charge < -0.3 is 24.4 Å². The van der Waals surface area contributed by atoms with Gasteiger partial charge in [0.1, 0.15) is 0 Å². The highest BCUT2D eigenvalue weighted by molar-refractivity contribution is 6.35. The minimum absolute atomic E-state index is 0.0625. The number of ether oxygens (including phenoxy) is 2. The van der Waals surface area contributed by atoms with Crippen LogP contribution in [0.5, 0.6) is 11.6 Å². The van der Waals surface area contributed by atoms with Gasteiger partial charge in [0, 0.05) is 80.0 Å². The number of benzene rings is 1. The van der Waals surface area contributed by atoms with Crippen molar-refractivity contribution in [3.63, 3.8) is 0 Å². The maximum atomic E-state index is 12.9. The molecule has 2 aromatic heterocycles. The Morgan fingerprint density at radius 1 is 0.891 bits per heavy atom. The van der Waals surface area contributed by atoms with E-state index in [-0.39, 0.29) is 24.2 Å². The summed E-state index contributed by atoms with van der Waals surface area (Å²) < 4.78 is 11.6. The minimum atomic E-state index is -0.739. The lowest BCUT2D eigenvalue weighted by molar-refractivity contribution is -0.139. The number of rotatable bonds is 9. The number of carbonyl (C=O) groups is 2. The lowest BCUT2D eigenvalue weighted by Gasteiger charge is -2.37. The predicted octanol–water partition coefficient (Wildman–Crippen LogP) is 5.40. The van der Waals surface area contributed by atoms with Crippen LogP contribution >= 0.6 is 23.2 Å². The Balaban J connectivity index is 1.12. The summed E-state index contributed by atoms with van der Waals surface area (Å²) in [5.74, 6) is 1.19. The third-order valence-corrected chi connectivity index (χ3v) is 9.31. The molecule has 3 aromatic rings.